The Morgan fingerprint density at radius 3 is 2.30 bits per heavy atom. The minimum absolute atomic E-state index is 0.0103. The molecular weight excluding hydrogens is 528 g/mol. The lowest BCUT2D eigenvalue weighted by Gasteiger charge is -2.19. The van der Waals surface area contributed by atoms with E-state index in [-0.39, 0.29) is 22.5 Å². The largest absolute Gasteiger partial charge is 0.465 e. The third kappa shape index (κ3) is 4.79. The Morgan fingerprint density at radius 1 is 0.973 bits per heavy atom. The van der Waals surface area contributed by atoms with Gasteiger partial charge in [-0.15, -0.1) is 0 Å². The van der Waals surface area contributed by atoms with E-state index in [1.165, 1.54) is 26.2 Å². The number of ether oxygens (including phenoxy) is 1. The molecule has 1 aliphatic heterocycles. The summed E-state index contributed by atoms with van der Waals surface area (Å²) in [7, 11) is 1.17. The number of esters is 1. The molecule has 1 amide bonds. The average molecular weight is 549 g/mol. The van der Waals surface area contributed by atoms with Gasteiger partial charge < -0.3 is 9.30 Å². The Hall–Kier alpha value is -3.49. The van der Waals surface area contributed by atoms with Crippen molar-refractivity contribution in [2.45, 2.75) is 26.9 Å². The number of hydrogen-bond acceptors (Lipinski definition) is 3. The van der Waals surface area contributed by atoms with Gasteiger partial charge in [0.1, 0.15) is 0 Å². The molecule has 10 heteroatoms. The second-order valence-corrected chi connectivity index (χ2v) is 9.27. The minimum Gasteiger partial charge on any atom is -0.465 e. The van der Waals surface area contributed by atoms with Crippen LogP contribution >= 0.6 is 23.2 Å². The Balaban J connectivity index is 1.85. The van der Waals surface area contributed by atoms with Crippen molar-refractivity contribution in [1.82, 2.24) is 4.57 Å². The molecule has 4 rings (SSSR count). The summed E-state index contributed by atoms with van der Waals surface area (Å²) in [6.45, 7) is 5.19. The summed E-state index contributed by atoms with van der Waals surface area (Å²) in [5.74, 6) is -1.42. The second-order valence-electron chi connectivity index (χ2n) is 8.46. The molecule has 0 bridgehead atoms. The van der Waals surface area contributed by atoms with Crippen molar-refractivity contribution < 1.29 is 27.5 Å². The van der Waals surface area contributed by atoms with Crippen molar-refractivity contribution in [3.8, 4) is 5.69 Å². The number of carbonyl (C=O) groups is 2. The van der Waals surface area contributed by atoms with Gasteiger partial charge in [0.25, 0.3) is 5.91 Å². The first kappa shape index (κ1) is 26.6. The van der Waals surface area contributed by atoms with Crippen LogP contribution in [0, 0.1) is 13.8 Å². The molecule has 1 aliphatic rings. The molecule has 3 aromatic rings. The monoisotopic (exact) mass is 548 g/mol. The lowest BCUT2D eigenvalue weighted by molar-refractivity contribution is -0.137. The highest BCUT2D eigenvalue weighted by atomic mass is 35.5. The molecule has 2 heterocycles. The first-order valence-corrected chi connectivity index (χ1v) is 11.8. The molecule has 0 fully saturated rings. The van der Waals surface area contributed by atoms with Gasteiger partial charge in [-0.05, 0) is 74.9 Å². The van der Waals surface area contributed by atoms with E-state index in [0.29, 0.717) is 15.6 Å². The van der Waals surface area contributed by atoms with Crippen LogP contribution in [0.3, 0.4) is 0 Å². The van der Waals surface area contributed by atoms with E-state index in [2.05, 4.69) is 0 Å². The third-order valence-electron chi connectivity index (χ3n) is 6.15. The van der Waals surface area contributed by atoms with E-state index < -0.39 is 23.6 Å². The Kier molecular flexibility index (Phi) is 7.01. The highest BCUT2D eigenvalue weighted by molar-refractivity contribution is 6.42. The number of halogens is 5. The number of methoxy groups -OCH3 is 1. The van der Waals surface area contributed by atoms with E-state index >= 15 is 0 Å². The number of benzene rings is 2. The summed E-state index contributed by atoms with van der Waals surface area (Å²) in [6, 6.07) is 11.4. The minimum atomic E-state index is -4.59. The number of anilines is 1. The predicted molar refractivity (Wildman–Crippen MR) is 137 cm³/mol. The molecular formula is C27H21Cl2F3N2O3. The van der Waals surface area contributed by atoms with Gasteiger partial charge in [0, 0.05) is 28.5 Å². The lowest BCUT2D eigenvalue weighted by atomic mass is 10.0. The number of aryl methyl sites for hydroxylation is 1. The number of aromatic nitrogens is 1. The van der Waals surface area contributed by atoms with Gasteiger partial charge in [-0.1, -0.05) is 29.3 Å². The highest BCUT2D eigenvalue weighted by Gasteiger charge is 2.39. The van der Waals surface area contributed by atoms with E-state index in [0.717, 1.165) is 34.1 Å². The van der Waals surface area contributed by atoms with Crippen LogP contribution in [0.15, 0.2) is 65.4 Å². The van der Waals surface area contributed by atoms with Gasteiger partial charge in [-0.25, -0.2) is 4.79 Å². The summed E-state index contributed by atoms with van der Waals surface area (Å²) >= 11 is 12.2. The number of carbonyl (C=O) groups excluding carboxylic acids is 2. The van der Waals surface area contributed by atoms with Crippen molar-refractivity contribution in [1.29, 1.82) is 0 Å². The zero-order valence-electron chi connectivity index (χ0n) is 20.2. The van der Waals surface area contributed by atoms with Crippen LogP contribution in [0.5, 0.6) is 0 Å². The Labute approximate surface area is 221 Å². The number of hydrogen-bond donors (Lipinski definition) is 0. The zero-order chi connectivity index (χ0) is 27.2. The lowest BCUT2D eigenvalue weighted by Crippen LogP contribution is -2.25. The average Bonchev–Trinajstić information content (AvgIpc) is 3.26. The number of nitrogens with zero attached hydrogens (tertiary/aromatic N) is 2. The van der Waals surface area contributed by atoms with Gasteiger partial charge in [-0.2, -0.15) is 13.2 Å². The van der Waals surface area contributed by atoms with Gasteiger partial charge in [0.05, 0.1) is 33.9 Å². The fourth-order valence-corrected chi connectivity index (χ4v) is 4.72. The van der Waals surface area contributed by atoms with Crippen LogP contribution in [-0.4, -0.2) is 23.6 Å². The Morgan fingerprint density at radius 2 is 1.68 bits per heavy atom. The summed E-state index contributed by atoms with van der Waals surface area (Å²) in [6.07, 6.45) is -3.05. The Bertz CT molecular complexity index is 1500. The smallest absolute Gasteiger partial charge is 0.416 e. The molecule has 0 N–H and O–H groups in total. The maximum atomic E-state index is 13.6. The number of rotatable bonds is 4. The summed E-state index contributed by atoms with van der Waals surface area (Å²) in [5, 5.41) is 0.783. The van der Waals surface area contributed by atoms with Gasteiger partial charge >= 0.3 is 12.1 Å². The predicted octanol–water partition coefficient (Wildman–Crippen LogP) is 7.30. The number of alkyl halides is 3. The zero-order valence-corrected chi connectivity index (χ0v) is 21.7. The molecule has 0 saturated carbocycles. The van der Waals surface area contributed by atoms with E-state index in [1.54, 1.807) is 24.3 Å². The molecule has 37 heavy (non-hydrogen) atoms. The topological polar surface area (TPSA) is 51.5 Å². The number of amides is 1. The van der Waals surface area contributed by atoms with Gasteiger partial charge in [0.15, 0.2) is 0 Å². The van der Waals surface area contributed by atoms with Crippen molar-refractivity contribution >= 4 is 46.8 Å². The fraction of sp³-hybridized carbons (Fsp3) is 0.185. The van der Waals surface area contributed by atoms with Crippen LogP contribution in [0.1, 0.15) is 29.4 Å². The maximum absolute atomic E-state index is 13.6. The summed E-state index contributed by atoms with van der Waals surface area (Å²) in [4.78, 5) is 27.4. The SMILES string of the molecule is COC(=O)C1=C(C)N(c2cccc(C(F)(F)F)c2)C(=O)/C1=C\c1cc(C)n(-c2ccc(Cl)c(Cl)c2)c1C. The normalized spacial score (nSPS) is 15.2. The summed E-state index contributed by atoms with van der Waals surface area (Å²) in [5.41, 5.74) is 2.18. The third-order valence-corrected chi connectivity index (χ3v) is 6.89. The highest BCUT2D eigenvalue weighted by Crippen LogP contribution is 2.39. The molecule has 2 aromatic carbocycles. The van der Waals surface area contributed by atoms with Crippen molar-refractivity contribution in [3.63, 3.8) is 0 Å². The molecule has 1 aromatic heterocycles. The van der Waals surface area contributed by atoms with Crippen molar-refractivity contribution in [2.75, 3.05) is 12.0 Å². The van der Waals surface area contributed by atoms with Crippen molar-refractivity contribution in [3.05, 3.63) is 97.9 Å². The van der Waals surface area contributed by atoms with Crippen LogP contribution in [-0.2, 0) is 20.5 Å². The second kappa shape index (κ2) is 9.76. The van der Waals surface area contributed by atoms with Crippen LogP contribution in [0.4, 0.5) is 18.9 Å². The quantitative estimate of drug-likeness (QED) is 0.254. The molecule has 0 saturated heterocycles. The maximum Gasteiger partial charge on any atom is 0.416 e. The molecule has 192 valence electrons. The van der Waals surface area contributed by atoms with Crippen LogP contribution in [0.25, 0.3) is 11.8 Å². The molecule has 0 unspecified atom stereocenters. The molecule has 5 nitrogen and oxygen atoms in total. The van der Waals surface area contributed by atoms with Crippen molar-refractivity contribution in [2.24, 2.45) is 0 Å². The summed E-state index contributed by atoms with van der Waals surface area (Å²) < 4.78 is 46.8. The van der Waals surface area contributed by atoms with Crippen LogP contribution in [0.2, 0.25) is 10.0 Å². The molecule has 0 atom stereocenters. The molecule has 0 radical (unpaired) electrons. The van der Waals surface area contributed by atoms with E-state index in [4.69, 9.17) is 27.9 Å². The molecule has 0 spiro atoms. The first-order chi connectivity index (χ1) is 17.3. The van der Waals surface area contributed by atoms with Gasteiger partial charge in [-0.3, -0.25) is 9.69 Å². The standard InChI is InChI=1S/C27H21Cl2F3N2O3/c1-14-10-17(15(2)33(14)20-8-9-22(28)23(29)13-20)11-21-24(26(36)37-4)16(3)34(25(21)35)19-7-5-6-18(12-19)27(30,31)32/h5-13H,1-4H3/b21-11-. The van der Waals surface area contributed by atoms with Gasteiger partial charge in [0.2, 0.25) is 0 Å². The first-order valence-electron chi connectivity index (χ1n) is 11.0. The van der Waals surface area contributed by atoms with Crippen LogP contribution < -0.4 is 4.90 Å². The fourth-order valence-electron chi connectivity index (χ4n) is 4.42. The molecule has 0 aliphatic carbocycles. The van der Waals surface area contributed by atoms with E-state index in [1.807, 2.05) is 24.5 Å². The number of allylic oxidation sites excluding steroid dienone is 1. The van der Waals surface area contributed by atoms with E-state index in [9.17, 15) is 22.8 Å².